The third kappa shape index (κ3) is 13.8. The van der Waals surface area contributed by atoms with Gasteiger partial charge in [0.15, 0.2) is 13.5 Å². The molecule has 0 aromatic rings. The molecule has 0 saturated heterocycles. The first kappa shape index (κ1) is 28.0. The lowest BCUT2D eigenvalue weighted by molar-refractivity contribution is -0.122. The number of amides is 2. The van der Waals surface area contributed by atoms with Gasteiger partial charge in [-0.25, -0.2) is 0 Å². The van der Waals surface area contributed by atoms with Gasteiger partial charge in [-0.05, 0) is 13.3 Å². The van der Waals surface area contributed by atoms with E-state index in [9.17, 15) is 14.4 Å². The number of nitrogens with zero attached hydrogens (tertiary/aromatic N) is 1. The van der Waals surface area contributed by atoms with Crippen LogP contribution >= 0.6 is 20.1 Å². The van der Waals surface area contributed by atoms with Crippen LogP contribution in [0.5, 0.6) is 0 Å². The van der Waals surface area contributed by atoms with E-state index in [4.69, 9.17) is 13.8 Å². The molecule has 3 atom stereocenters. The molecule has 0 heterocycles. The van der Waals surface area contributed by atoms with Crippen LogP contribution in [0, 0.1) is 5.41 Å². The zero-order chi connectivity index (χ0) is 22.4. The second-order valence-electron chi connectivity index (χ2n) is 7.50. The third-order valence-corrected chi connectivity index (χ3v) is 6.24. The van der Waals surface area contributed by atoms with Crippen LogP contribution in [0.1, 0.15) is 34.1 Å². The van der Waals surface area contributed by atoms with Crippen molar-refractivity contribution in [3.63, 3.8) is 0 Å². The number of carbonyl (C=O) groups excluding carboxylic acids is 3. The van der Waals surface area contributed by atoms with Gasteiger partial charge in [-0.2, -0.15) is 0 Å². The lowest BCUT2D eigenvalue weighted by Gasteiger charge is -2.27. The summed E-state index contributed by atoms with van der Waals surface area (Å²) in [4.78, 5) is 35.2. The zero-order valence-corrected chi connectivity index (χ0v) is 20.2. The van der Waals surface area contributed by atoms with Gasteiger partial charge in [-0.3, -0.25) is 19.7 Å². The standard InChI is InChI=1S/C19H35N2O6PS/c1-15(21(5)9-8-17(23)20-14-22)12-16(25-6)13-27-28(7)26-10-11-29-18(24)19(2,3)4/h8-9,14-16H,10-13H2,1-7H3,(H,20,22,23)/b9-8-/t15-,16-,28+/m0/s1. The summed E-state index contributed by atoms with van der Waals surface area (Å²) in [5.41, 5.74) is -0.346. The van der Waals surface area contributed by atoms with Crippen molar-refractivity contribution in [3.05, 3.63) is 12.3 Å². The summed E-state index contributed by atoms with van der Waals surface area (Å²) in [7, 11) is 2.41. The predicted molar refractivity (Wildman–Crippen MR) is 118 cm³/mol. The van der Waals surface area contributed by atoms with Crippen molar-refractivity contribution in [3.8, 4) is 0 Å². The summed E-state index contributed by atoms with van der Waals surface area (Å²) in [6.45, 7) is 10.4. The lowest BCUT2D eigenvalue weighted by Crippen LogP contribution is -2.31. The van der Waals surface area contributed by atoms with Crippen molar-refractivity contribution in [1.29, 1.82) is 0 Å². The van der Waals surface area contributed by atoms with Crippen molar-refractivity contribution >= 4 is 37.6 Å². The molecule has 0 fully saturated rings. The number of rotatable bonds is 14. The molecule has 0 saturated carbocycles. The second-order valence-corrected chi connectivity index (χ2v) is 9.97. The van der Waals surface area contributed by atoms with E-state index in [1.807, 2.05) is 51.6 Å². The summed E-state index contributed by atoms with van der Waals surface area (Å²) in [6.07, 6.45) is 3.82. The first-order valence-electron chi connectivity index (χ1n) is 9.35. The molecular formula is C19H35N2O6PS. The topological polar surface area (TPSA) is 94.2 Å². The smallest absolute Gasteiger partial charge is 0.251 e. The number of thioether (sulfide) groups is 1. The average molecular weight is 451 g/mol. The molecular weight excluding hydrogens is 415 g/mol. The molecule has 1 N–H and O–H groups in total. The molecule has 0 aromatic carbocycles. The molecule has 0 bridgehead atoms. The van der Waals surface area contributed by atoms with Gasteiger partial charge < -0.3 is 18.7 Å². The van der Waals surface area contributed by atoms with Crippen molar-refractivity contribution in [2.45, 2.75) is 46.3 Å². The lowest BCUT2D eigenvalue weighted by atomic mass is 10.00. The summed E-state index contributed by atoms with van der Waals surface area (Å²) in [6, 6.07) is 0.0904. The fourth-order valence-electron chi connectivity index (χ4n) is 1.96. The molecule has 168 valence electrons. The Bertz CT molecular complexity index is 541. The van der Waals surface area contributed by atoms with Gasteiger partial charge in [-0.1, -0.05) is 32.5 Å². The maximum absolute atomic E-state index is 11.9. The number of hydrogen-bond acceptors (Lipinski definition) is 8. The van der Waals surface area contributed by atoms with Gasteiger partial charge in [0.25, 0.3) is 5.91 Å². The molecule has 0 aromatic heterocycles. The van der Waals surface area contributed by atoms with Crippen LogP contribution in [-0.2, 0) is 28.2 Å². The Kier molecular flexibility index (Phi) is 14.4. The highest BCUT2D eigenvalue weighted by molar-refractivity contribution is 8.13. The van der Waals surface area contributed by atoms with Crippen molar-refractivity contribution < 1.29 is 28.2 Å². The van der Waals surface area contributed by atoms with Crippen molar-refractivity contribution in [2.24, 2.45) is 5.41 Å². The van der Waals surface area contributed by atoms with Crippen LogP contribution in [-0.4, -0.2) is 74.3 Å². The highest BCUT2D eigenvalue weighted by Crippen LogP contribution is 2.34. The highest BCUT2D eigenvalue weighted by atomic mass is 32.2. The van der Waals surface area contributed by atoms with Gasteiger partial charge in [0.1, 0.15) is 0 Å². The number of ether oxygens (including phenoxy) is 1. The van der Waals surface area contributed by atoms with E-state index < -0.39 is 14.3 Å². The van der Waals surface area contributed by atoms with Gasteiger partial charge in [-0.15, -0.1) is 0 Å². The fraction of sp³-hybridized carbons (Fsp3) is 0.737. The van der Waals surface area contributed by atoms with Crippen LogP contribution in [0.15, 0.2) is 12.3 Å². The Labute approximate surface area is 180 Å². The predicted octanol–water partition coefficient (Wildman–Crippen LogP) is 2.78. The first-order chi connectivity index (χ1) is 13.5. The summed E-state index contributed by atoms with van der Waals surface area (Å²) < 4.78 is 16.9. The third-order valence-electron chi connectivity index (χ3n) is 3.94. The maximum Gasteiger partial charge on any atom is 0.251 e. The molecule has 0 aliphatic heterocycles. The summed E-state index contributed by atoms with van der Waals surface area (Å²) in [5, 5.41) is 2.20. The number of hydrogen-bond donors (Lipinski definition) is 1. The van der Waals surface area contributed by atoms with E-state index in [0.717, 1.165) is 0 Å². The monoisotopic (exact) mass is 450 g/mol. The number of carbonyl (C=O) groups is 3. The molecule has 8 nitrogen and oxygen atoms in total. The van der Waals surface area contributed by atoms with Crippen molar-refractivity contribution in [2.75, 3.05) is 39.8 Å². The van der Waals surface area contributed by atoms with Gasteiger partial charge in [0.05, 0.1) is 19.3 Å². The Hall–Kier alpha value is -0.990. The molecule has 29 heavy (non-hydrogen) atoms. The average Bonchev–Trinajstić information content (AvgIpc) is 2.65. The van der Waals surface area contributed by atoms with Crippen LogP contribution in [0.3, 0.4) is 0 Å². The van der Waals surface area contributed by atoms with E-state index in [0.29, 0.717) is 31.8 Å². The zero-order valence-electron chi connectivity index (χ0n) is 18.5. The normalized spacial score (nSPS) is 15.0. The molecule has 0 aliphatic carbocycles. The van der Waals surface area contributed by atoms with E-state index in [-0.39, 0.29) is 22.7 Å². The van der Waals surface area contributed by atoms with Gasteiger partial charge in [0.2, 0.25) is 6.41 Å². The number of nitrogens with one attached hydrogen (secondary N) is 1. The molecule has 0 radical (unpaired) electrons. The Morgan fingerprint density at radius 2 is 1.93 bits per heavy atom. The second kappa shape index (κ2) is 14.9. The minimum absolute atomic E-state index is 0.0904. The van der Waals surface area contributed by atoms with E-state index in [1.165, 1.54) is 17.8 Å². The summed E-state index contributed by atoms with van der Waals surface area (Å²) >= 11 is 1.28. The Morgan fingerprint density at radius 1 is 1.28 bits per heavy atom. The summed E-state index contributed by atoms with van der Waals surface area (Å²) in [5.74, 6) is 0.132. The first-order valence-corrected chi connectivity index (χ1v) is 12.0. The van der Waals surface area contributed by atoms with Crippen LogP contribution < -0.4 is 5.32 Å². The minimum Gasteiger partial charge on any atom is -0.379 e. The van der Waals surface area contributed by atoms with Crippen LogP contribution in [0.25, 0.3) is 0 Å². The number of methoxy groups -OCH3 is 1. The number of imide groups is 1. The van der Waals surface area contributed by atoms with Crippen LogP contribution in [0.2, 0.25) is 0 Å². The SMILES string of the molecule is CO[C@H](CO[P@](C)OCCSC(=O)C(C)(C)C)C[C@H](C)N(C)/C=C\C(=O)NC=O. The quantitative estimate of drug-likeness (QED) is 0.187. The van der Waals surface area contributed by atoms with E-state index >= 15 is 0 Å². The minimum atomic E-state index is -1.06. The van der Waals surface area contributed by atoms with Gasteiger partial charge in [0, 0.05) is 50.3 Å². The fourth-order valence-corrected chi connectivity index (χ4v) is 3.67. The molecule has 10 heteroatoms. The molecule has 0 spiro atoms. The Balaban J connectivity index is 4.20. The molecule has 0 rings (SSSR count). The van der Waals surface area contributed by atoms with E-state index in [2.05, 4.69) is 0 Å². The molecule has 0 aliphatic rings. The molecule has 0 unspecified atom stereocenters. The Morgan fingerprint density at radius 3 is 2.48 bits per heavy atom. The highest BCUT2D eigenvalue weighted by Gasteiger charge is 2.21. The molecule has 2 amide bonds. The van der Waals surface area contributed by atoms with E-state index in [1.54, 1.807) is 13.3 Å². The maximum atomic E-state index is 11.9. The van der Waals surface area contributed by atoms with Gasteiger partial charge >= 0.3 is 0 Å². The van der Waals surface area contributed by atoms with Crippen molar-refractivity contribution in [1.82, 2.24) is 10.2 Å². The largest absolute Gasteiger partial charge is 0.379 e. The van der Waals surface area contributed by atoms with Crippen LogP contribution in [0.4, 0.5) is 0 Å².